The van der Waals surface area contributed by atoms with E-state index in [9.17, 15) is 0 Å². The van der Waals surface area contributed by atoms with Crippen LogP contribution in [0.25, 0.3) is 0 Å². The molecule has 0 fully saturated rings. The predicted molar refractivity (Wildman–Crippen MR) is 80.0 cm³/mol. The third kappa shape index (κ3) is 3.11. The number of benzene rings is 1. The molecule has 0 saturated heterocycles. The average molecular weight is 310 g/mol. The van der Waals surface area contributed by atoms with Crippen LogP contribution >= 0.6 is 27.3 Å². The summed E-state index contributed by atoms with van der Waals surface area (Å²) in [5, 5.41) is 3.53. The second-order valence-corrected chi connectivity index (χ2v) is 6.88. The van der Waals surface area contributed by atoms with Gasteiger partial charge in [0.25, 0.3) is 0 Å². The Morgan fingerprint density at radius 2 is 1.76 bits per heavy atom. The maximum Gasteiger partial charge on any atom is 0.0702 e. The first-order chi connectivity index (χ1) is 8.06. The van der Waals surface area contributed by atoms with Crippen molar-refractivity contribution in [2.45, 2.75) is 27.3 Å². The number of rotatable bonds is 3. The molecular weight excluding hydrogens is 294 g/mol. The third-order valence-electron chi connectivity index (χ3n) is 2.75. The van der Waals surface area contributed by atoms with Gasteiger partial charge in [-0.1, -0.05) is 17.7 Å². The van der Waals surface area contributed by atoms with Gasteiger partial charge in [0.1, 0.15) is 0 Å². The molecule has 1 nitrogen and oxygen atoms in total. The molecule has 0 aliphatic rings. The van der Waals surface area contributed by atoms with Crippen LogP contribution in [0.2, 0.25) is 0 Å². The van der Waals surface area contributed by atoms with Gasteiger partial charge in [-0.2, -0.15) is 0 Å². The summed E-state index contributed by atoms with van der Waals surface area (Å²) in [5.41, 5.74) is 5.22. The average Bonchev–Trinajstić information content (AvgIpc) is 2.62. The topological polar surface area (TPSA) is 12.0 Å². The van der Waals surface area contributed by atoms with E-state index in [1.165, 1.54) is 31.0 Å². The zero-order chi connectivity index (χ0) is 12.4. The Kier molecular flexibility index (Phi) is 3.89. The van der Waals surface area contributed by atoms with E-state index in [0.717, 1.165) is 6.54 Å². The van der Waals surface area contributed by atoms with Crippen LogP contribution < -0.4 is 5.32 Å². The van der Waals surface area contributed by atoms with E-state index < -0.39 is 0 Å². The van der Waals surface area contributed by atoms with Gasteiger partial charge in [-0.15, -0.1) is 11.3 Å². The number of nitrogens with one attached hydrogen (secondary N) is 1. The van der Waals surface area contributed by atoms with Gasteiger partial charge in [-0.3, -0.25) is 0 Å². The summed E-state index contributed by atoms with van der Waals surface area (Å²) in [6, 6.07) is 8.69. The molecule has 17 heavy (non-hydrogen) atoms. The highest BCUT2D eigenvalue weighted by atomic mass is 79.9. The highest BCUT2D eigenvalue weighted by molar-refractivity contribution is 9.11. The van der Waals surface area contributed by atoms with E-state index in [1.807, 2.05) is 0 Å². The maximum absolute atomic E-state index is 3.53. The quantitative estimate of drug-likeness (QED) is 0.836. The SMILES string of the molecule is Cc1cc(C)c(NCc2ccc(Br)s2)c(C)c1. The summed E-state index contributed by atoms with van der Waals surface area (Å²) in [7, 11) is 0. The molecule has 0 saturated carbocycles. The molecule has 0 amide bonds. The summed E-state index contributed by atoms with van der Waals surface area (Å²) >= 11 is 5.26. The van der Waals surface area contributed by atoms with Crippen LogP contribution in [0.1, 0.15) is 21.6 Å². The van der Waals surface area contributed by atoms with E-state index in [4.69, 9.17) is 0 Å². The van der Waals surface area contributed by atoms with Gasteiger partial charge >= 0.3 is 0 Å². The summed E-state index contributed by atoms with van der Waals surface area (Å²) in [6.45, 7) is 7.35. The van der Waals surface area contributed by atoms with Gasteiger partial charge in [0.15, 0.2) is 0 Å². The Bertz CT molecular complexity index is 508. The van der Waals surface area contributed by atoms with Crippen molar-refractivity contribution in [1.29, 1.82) is 0 Å². The largest absolute Gasteiger partial charge is 0.380 e. The van der Waals surface area contributed by atoms with Crippen LogP contribution in [-0.4, -0.2) is 0 Å². The third-order valence-corrected chi connectivity index (χ3v) is 4.37. The minimum absolute atomic E-state index is 0.890. The first-order valence-electron chi connectivity index (χ1n) is 5.62. The number of aryl methyl sites for hydroxylation is 3. The summed E-state index contributed by atoms with van der Waals surface area (Å²) < 4.78 is 1.19. The molecule has 90 valence electrons. The zero-order valence-corrected chi connectivity index (χ0v) is 12.7. The fourth-order valence-corrected chi connectivity index (χ4v) is 3.50. The molecule has 0 radical (unpaired) electrons. The molecule has 0 aliphatic heterocycles. The van der Waals surface area contributed by atoms with Gasteiger partial charge in [0, 0.05) is 17.1 Å². The van der Waals surface area contributed by atoms with Gasteiger partial charge in [-0.25, -0.2) is 0 Å². The van der Waals surface area contributed by atoms with Gasteiger partial charge in [-0.05, 0) is 60.0 Å². The van der Waals surface area contributed by atoms with Crippen LogP contribution in [0.4, 0.5) is 5.69 Å². The molecule has 2 aromatic rings. The molecule has 1 aromatic heterocycles. The van der Waals surface area contributed by atoms with Gasteiger partial charge < -0.3 is 5.32 Å². The summed E-state index contributed by atoms with van der Waals surface area (Å²) in [6.07, 6.45) is 0. The van der Waals surface area contributed by atoms with E-state index >= 15 is 0 Å². The zero-order valence-electron chi connectivity index (χ0n) is 10.3. The van der Waals surface area contributed by atoms with Crippen molar-refractivity contribution in [2.75, 3.05) is 5.32 Å². The Balaban J connectivity index is 2.14. The molecule has 1 N–H and O–H groups in total. The highest BCUT2D eigenvalue weighted by Crippen LogP contribution is 2.25. The predicted octanol–water partition coefficient (Wildman–Crippen LogP) is 5.05. The van der Waals surface area contributed by atoms with Crippen molar-refractivity contribution in [3.8, 4) is 0 Å². The van der Waals surface area contributed by atoms with Crippen LogP contribution in [0.3, 0.4) is 0 Å². The van der Waals surface area contributed by atoms with Crippen LogP contribution in [0, 0.1) is 20.8 Å². The van der Waals surface area contributed by atoms with Gasteiger partial charge in [0.05, 0.1) is 3.79 Å². The number of halogens is 1. The highest BCUT2D eigenvalue weighted by Gasteiger charge is 2.04. The monoisotopic (exact) mass is 309 g/mol. The van der Waals surface area contributed by atoms with E-state index in [2.05, 4.69) is 66.3 Å². The Morgan fingerprint density at radius 3 is 2.29 bits per heavy atom. The summed E-state index contributed by atoms with van der Waals surface area (Å²) in [4.78, 5) is 1.34. The number of anilines is 1. The van der Waals surface area contributed by atoms with E-state index in [0.29, 0.717) is 0 Å². The second-order valence-electron chi connectivity index (χ2n) is 4.33. The van der Waals surface area contributed by atoms with Crippen molar-refractivity contribution >= 4 is 33.0 Å². The molecule has 0 atom stereocenters. The fourth-order valence-electron chi connectivity index (χ4n) is 2.08. The van der Waals surface area contributed by atoms with Crippen molar-refractivity contribution < 1.29 is 0 Å². The normalized spacial score (nSPS) is 10.6. The lowest BCUT2D eigenvalue weighted by Gasteiger charge is -2.13. The van der Waals surface area contributed by atoms with Crippen LogP contribution in [0.5, 0.6) is 0 Å². The molecule has 1 heterocycles. The lowest BCUT2D eigenvalue weighted by atomic mass is 10.1. The molecular formula is C14H16BrNS. The maximum atomic E-state index is 3.53. The lowest BCUT2D eigenvalue weighted by Crippen LogP contribution is -2.02. The second kappa shape index (κ2) is 5.23. The molecule has 0 bridgehead atoms. The number of thiophene rings is 1. The van der Waals surface area contributed by atoms with Gasteiger partial charge in [0.2, 0.25) is 0 Å². The lowest BCUT2D eigenvalue weighted by molar-refractivity contribution is 1.16. The Labute approximate surface area is 115 Å². The molecule has 0 spiro atoms. The molecule has 0 unspecified atom stereocenters. The standard InChI is InChI=1S/C14H16BrNS/c1-9-6-10(2)14(11(3)7-9)16-8-12-4-5-13(15)17-12/h4-7,16H,8H2,1-3H3. The van der Waals surface area contributed by atoms with Crippen LogP contribution in [-0.2, 0) is 6.54 Å². The first-order valence-corrected chi connectivity index (χ1v) is 7.23. The molecule has 1 aromatic carbocycles. The van der Waals surface area contributed by atoms with Crippen molar-refractivity contribution in [1.82, 2.24) is 0 Å². The van der Waals surface area contributed by atoms with Crippen molar-refractivity contribution in [2.24, 2.45) is 0 Å². The minimum atomic E-state index is 0.890. The van der Waals surface area contributed by atoms with Crippen molar-refractivity contribution in [3.05, 3.63) is 49.6 Å². The van der Waals surface area contributed by atoms with Crippen molar-refractivity contribution in [3.63, 3.8) is 0 Å². The molecule has 3 heteroatoms. The van der Waals surface area contributed by atoms with E-state index in [-0.39, 0.29) is 0 Å². The molecule has 0 aliphatic carbocycles. The summed E-state index contributed by atoms with van der Waals surface area (Å²) in [5.74, 6) is 0. The fraction of sp³-hybridized carbons (Fsp3) is 0.286. The Morgan fingerprint density at radius 1 is 1.12 bits per heavy atom. The Hall–Kier alpha value is -0.800. The number of hydrogen-bond donors (Lipinski definition) is 1. The smallest absolute Gasteiger partial charge is 0.0702 e. The van der Waals surface area contributed by atoms with Crippen LogP contribution in [0.15, 0.2) is 28.1 Å². The van der Waals surface area contributed by atoms with E-state index in [1.54, 1.807) is 11.3 Å². The number of hydrogen-bond acceptors (Lipinski definition) is 2. The molecule has 2 rings (SSSR count). The first kappa shape index (κ1) is 12.7. The minimum Gasteiger partial charge on any atom is -0.380 e.